The molecule has 1 aromatic heterocycles. The average Bonchev–Trinajstić information content (AvgIpc) is 2.68. The van der Waals surface area contributed by atoms with E-state index in [1.165, 1.54) is 16.2 Å². The summed E-state index contributed by atoms with van der Waals surface area (Å²) in [6.07, 6.45) is 0.874. The predicted octanol–water partition coefficient (Wildman–Crippen LogP) is 1.71. The molecule has 0 atom stereocenters. The minimum Gasteiger partial charge on any atom is -0.480 e. The highest BCUT2D eigenvalue weighted by atomic mass is 32.1. The van der Waals surface area contributed by atoms with E-state index in [-0.39, 0.29) is 18.5 Å². The normalized spacial score (nSPS) is 10.7. The van der Waals surface area contributed by atoms with Gasteiger partial charge in [-0.1, -0.05) is 0 Å². The first-order chi connectivity index (χ1) is 8.40. The van der Waals surface area contributed by atoms with E-state index in [0.29, 0.717) is 12.8 Å². The summed E-state index contributed by atoms with van der Waals surface area (Å²) in [6.45, 7) is 5.29. The van der Waals surface area contributed by atoms with Crippen LogP contribution in [0.25, 0.3) is 0 Å². The van der Waals surface area contributed by atoms with E-state index in [2.05, 4.69) is 4.98 Å². The van der Waals surface area contributed by atoms with E-state index >= 15 is 0 Å². The molecule has 0 fully saturated rings. The van der Waals surface area contributed by atoms with E-state index in [1.807, 2.05) is 26.2 Å². The minimum atomic E-state index is -0.984. The molecule has 1 heterocycles. The van der Waals surface area contributed by atoms with Crippen LogP contribution in [0.2, 0.25) is 0 Å². The second-order valence-corrected chi connectivity index (χ2v) is 5.33. The molecule has 0 aliphatic carbocycles. The maximum Gasteiger partial charge on any atom is 0.323 e. The lowest BCUT2D eigenvalue weighted by Gasteiger charge is -2.24. The van der Waals surface area contributed by atoms with Crippen molar-refractivity contribution in [1.29, 1.82) is 0 Å². The first-order valence-electron chi connectivity index (χ1n) is 5.82. The Morgan fingerprint density at radius 2 is 2.17 bits per heavy atom. The largest absolute Gasteiger partial charge is 0.480 e. The lowest BCUT2D eigenvalue weighted by Crippen LogP contribution is -2.40. The molecule has 0 aliphatic heterocycles. The second-order valence-electron chi connectivity index (χ2n) is 4.39. The molecular formula is C12H18N2O3S. The number of carbonyl (C=O) groups excluding carboxylic acids is 1. The molecule has 0 saturated carbocycles. The van der Waals surface area contributed by atoms with Crippen molar-refractivity contribution >= 4 is 23.2 Å². The Morgan fingerprint density at radius 3 is 2.61 bits per heavy atom. The quantitative estimate of drug-likeness (QED) is 0.854. The van der Waals surface area contributed by atoms with Crippen LogP contribution >= 0.6 is 11.3 Å². The summed E-state index contributed by atoms with van der Waals surface area (Å²) in [6, 6.07) is -0.105. The van der Waals surface area contributed by atoms with Gasteiger partial charge in [-0.3, -0.25) is 9.59 Å². The summed E-state index contributed by atoms with van der Waals surface area (Å²) in [5, 5.41) is 11.6. The fourth-order valence-electron chi connectivity index (χ4n) is 1.58. The summed E-state index contributed by atoms with van der Waals surface area (Å²) in [4.78, 5) is 28.3. The zero-order valence-corrected chi connectivity index (χ0v) is 11.7. The zero-order valence-electron chi connectivity index (χ0n) is 10.8. The molecule has 0 spiro atoms. The van der Waals surface area contributed by atoms with E-state index < -0.39 is 5.97 Å². The fraction of sp³-hybridized carbons (Fsp3) is 0.583. The summed E-state index contributed by atoms with van der Waals surface area (Å²) >= 11 is 1.53. The number of rotatable bonds is 6. The Kier molecular flexibility index (Phi) is 5.27. The molecule has 1 amide bonds. The average molecular weight is 270 g/mol. The monoisotopic (exact) mass is 270 g/mol. The SMILES string of the molecule is Cc1csc(CCC(=O)N(CC(=O)O)C(C)C)n1. The van der Waals surface area contributed by atoms with Crippen molar-refractivity contribution in [3.05, 3.63) is 16.1 Å². The Morgan fingerprint density at radius 1 is 1.50 bits per heavy atom. The van der Waals surface area contributed by atoms with Crippen LogP contribution in [0, 0.1) is 6.92 Å². The van der Waals surface area contributed by atoms with E-state index in [1.54, 1.807) is 0 Å². The van der Waals surface area contributed by atoms with Crippen molar-refractivity contribution in [3.8, 4) is 0 Å². The molecule has 0 bridgehead atoms. The van der Waals surface area contributed by atoms with Crippen molar-refractivity contribution < 1.29 is 14.7 Å². The van der Waals surface area contributed by atoms with Gasteiger partial charge in [0.05, 0.1) is 5.01 Å². The molecule has 100 valence electrons. The third kappa shape index (κ3) is 4.44. The third-order valence-electron chi connectivity index (χ3n) is 2.47. The number of aromatic nitrogens is 1. The Hall–Kier alpha value is -1.43. The van der Waals surface area contributed by atoms with Crippen LogP contribution in [0.3, 0.4) is 0 Å². The second kappa shape index (κ2) is 6.49. The summed E-state index contributed by atoms with van der Waals surface area (Å²) in [5.74, 6) is -1.12. The van der Waals surface area contributed by atoms with Crippen LogP contribution in [0.15, 0.2) is 5.38 Å². The number of carboxylic acids is 1. The van der Waals surface area contributed by atoms with Crippen LogP contribution in [0.1, 0.15) is 31.0 Å². The number of thiazole rings is 1. The van der Waals surface area contributed by atoms with E-state index in [0.717, 1.165) is 10.7 Å². The van der Waals surface area contributed by atoms with Crippen LogP contribution in [0.4, 0.5) is 0 Å². The van der Waals surface area contributed by atoms with Crippen molar-refractivity contribution in [2.75, 3.05) is 6.54 Å². The standard InChI is InChI=1S/C12H18N2O3S/c1-8(2)14(6-12(16)17)11(15)5-4-10-13-9(3)7-18-10/h7-8H,4-6H2,1-3H3,(H,16,17). The topological polar surface area (TPSA) is 70.5 Å². The van der Waals surface area contributed by atoms with Crippen LogP contribution in [0.5, 0.6) is 0 Å². The van der Waals surface area contributed by atoms with Gasteiger partial charge in [-0.05, 0) is 20.8 Å². The molecule has 1 aromatic rings. The number of hydrogen-bond donors (Lipinski definition) is 1. The van der Waals surface area contributed by atoms with Gasteiger partial charge in [0.15, 0.2) is 0 Å². The molecule has 0 saturated heterocycles. The van der Waals surface area contributed by atoms with Crippen molar-refractivity contribution in [3.63, 3.8) is 0 Å². The minimum absolute atomic E-state index is 0.105. The first-order valence-corrected chi connectivity index (χ1v) is 6.70. The summed E-state index contributed by atoms with van der Waals surface area (Å²) in [5.41, 5.74) is 0.953. The number of hydrogen-bond acceptors (Lipinski definition) is 4. The van der Waals surface area contributed by atoms with Gasteiger partial charge in [0.1, 0.15) is 6.54 Å². The van der Waals surface area contributed by atoms with Crippen molar-refractivity contribution in [2.45, 2.75) is 39.7 Å². The number of nitrogens with zero attached hydrogens (tertiary/aromatic N) is 2. The lowest BCUT2D eigenvalue weighted by atomic mass is 10.2. The molecule has 5 nitrogen and oxygen atoms in total. The number of aryl methyl sites for hydroxylation is 2. The molecule has 6 heteroatoms. The number of aliphatic carboxylic acids is 1. The highest BCUT2D eigenvalue weighted by molar-refractivity contribution is 7.09. The van der Waals surface area contributed by atoms with Gasteiger partial charge in [0.2, 0.25) is 5.91 Å². The fourth-order valence-corrected chi connectivity index (χ4v) is 2.36. The Balaban J connectivity index is 2.53. The highest BCUT2D eigenvalue weighted by Crippen LogP contribution is 2.12. The molecule has 1 rings (SSSR count). The maximum absolute atomic E-state index is 11.9. The predicted molar refractivity (Wildman–Crippen MR) is 69.7 cm³/mol. The van der Waals surface area contributed by atoms with Gasteiger partial charge in [0, 0.05) is 30.0 Å². The number of carbonyl (C=O) groups is 2. The third-order valence-corrected chi connectivity index (χ3v) is 3.50. The van der Waals surface area contributed by atoms with Crippen LogP contribution < -0.4 is 0 Å². The molecule has 0 unspecified atom stereocenters. The molecule has 0 aromatic carbocycles. The van der Waals surface area contributed by atoms with Gasteiger partial charge in [-0.2, -0.15) is 0 Å². The molecule has 0 aliphatic rings. The summed E-state index contributed by atoms with van der Waals surface area (Å²) in [7, 11) is 0. The van der Waals surface area contributed by atoms with E-state index in [4.69, 9.17) is 5.11 Å². The Labute approximate surface area is 110 Å². The van der Waals surface area contributed by atoms with Gasteiger partial charge >= 0.3 is 5.97 Å². The van der Waals surface area contributed by atoms with E-state index in [9.17, 15) is 9.59 Å². The molecule has 1 N–H and O–H groups in total. The van der Waals surface area contributed by atoms with Crippen LogP contribution in [-0.4, -0.2) is 39.5 Å². The van der Waals surface area contributed by atoms with Gasteiger partial charge in [0.25, 0.3) is 0 Å². The van der Waals surface area contributed by atoms with Gasteiger partial charge in [-0.15, -0.1) is 11.3 Å². The van der Waals surface area contributed by atoms with Crippen LogP contribution in [-0.2, 0) is 16.0 Å². The van der Waals surface area contributed by atoms with Gasteiger partial charge < -0.3 is 10.0 Å². The maximum atomic E-state index is 11.9. The first kappa shape index (κ1) is 14.6. The summed E-state index contributed by atoms with van der Waals surface area (Å²) < 4.78 is 0. The molecular weight excluding hydrogens is 252 g/mol. The molecule has 0 radical (unpaired) electrons. The number of carboxylic acid groups (broad SMARTS) is 1. The Bertz CT molecular complexity index is 429. The van der Waals surface area contributed by atoms with Crippen molar-refractivity contribution in [2.24, 2.45) is 0 Å². The number of amides is 1. The highest BCUT2D eigenvalue weighted by Gasteiger charge is 2.19. The lowest BCUT2D eigenvalue weighted by molar-refractivity contribution is -0.145. The van der Waals surface area contributed by atoms with Gasteiger partial charge in [-0.25, -0.2) is 4.98 Å². The smallest absolute Gasteiger partial charge is 0.323 e. The van der Waals surface area contributed by atoms with Crippen molar-refractivity contribution in [1.82, 2.24) is 9.88 Å². The molecule has 18 heavy (non-hydrogen) atoms. The zero-order chi connectivity index (χ0) is 13.7.